The zero-order valence-corrected chi connectivity index (χ0v) is 15.2. The van der Waals surface area contributed by atoms with Crippen molar-refractivity contribution in [1.29, 1.82) is 0 Å². The van der Waals surface area contributed by atoms with Crippen molar-refractivity contribution < 1.29 is 13.2 Å². The van der Waals surface area contributed by atoms with E-state index in [1.807, 2.05) is 6.92 Å². The number of rotatable bonds is 5. The van der Waals surface area contributed by atoms with Gasteiger partial charge in [-0.3, -0.25) is 4.79 Å². The van der Waals surface area contributed by atoms with Gasteiger partial charge in [0.25, 0.3) is 5.56 Å². The minimum atomic E-state index is -3.18. The molecule has 1 aliphatic carbocycles. The lowest BCUT2D eigenvalue weighted by Crippen LogP contribution is -2.57. The number of ether oxygens (including phenoxy) is 1. The molecule has 134 valence electrons. The van der Waals surface area contributed by atoms with Crippen LogP contribution in [-0.2, 0) is 17.1 Å². The predicted molar refractivity (Wildman–Crippen MR) is 92.8 cm³/mol. The molecule has 0 N–H and O–H groups in total. The van der Waals surface area contributed by atoms with E-state index in [-0.39, 0.29) is 17.4 Å². The minimum absolute atomic E-state index is 0.119. The SMILES string of the molecule is Cc1cc(OC2CN(S(=O)(=O)CC3CCCCC3)C2)cc(=O)n1C. The largest absolute Gasteiger partial charge is 0.487 e. The van der Waals surface area contributed by atoms with Gasteiger partial charge in [0, 0.05) is 18.8 Å². The van der Waals surface area contributed by atoms with Gasteiger partial charge in [-0.1, -0.05) is 19.3 Å². The third kappa shape index (κ3) is 3.83. The first kappa shape index (κ1) is 17.5. The Balaban J connectivity index is 1.54. The van der Waals surface area contributed by atoms with E-state index in [9.17, 15) is 13.2 Å². The van der Waals surface area contributed by atoms with E-state index < -0.39 is 10.0 Å². The number of hydrogen-bond acceptors (Lipinski definition) is 4. The number of nitrogens with zero attached hydrogens (tertiary/aromatic N) is 2. The van der Waals surface area contributed by atoms with Crippen molar-refractivity contribution in [2.45, 2.75) is 45.1 Å². The number of pyridine rings is 1. The number of aryl methyl sites for hydroxylation is 1. The molecule has 1 aromatic rings. The second-order valence-corrected chi connectivity index (χ2v) is 9.08. The standard InChI is InChI=1S/C17H26N2O4S/c1-13-8-15(9-17(20)18(13)2)23-16-10-19(11-16)24(21,22)12-14-6-4-3-5-7-14/h8-9,14,16H,3-7,10-12H2,1-2H3. The monoisotopic (exact) mass is 354 g/mol. The Morgan fingerprint density at radius 2 is 1.83 bits per heavy atom. The highest BCUT2D eigenvalue weighted by Gasteiger charge is 2.38. The molecule has 0 radical (unpaired) electrons. The lowest BCUT2D eigenvalue weighted by molar-refractivity contribution is 0.0754. The van der Waals surface area contributed by atoms with Crippen LogP contribution < -0.4 is 10.3 Å². The summed E-state index contributed by atoms with van der Waals surface area (Å²) in [6.07, 6.45) is 5.41. The molecule has 1 saturated carbocycles. The van der Waals surface area contributed by atoms with E-state index in [1.54, 1.807) is 17.7 Å². The Morgan fingerprint density at radius 1 is 1.17 bits per heavy atom. The zero-order valence-electron chi connectivity index (χ0n) is 14.4. The third-order valence-corrected chi connectivity index (χ3v) is 7.14. The van der Waals surface area contributed by atoms with E-state index in [4.69, 9.17) is 4.74 Å². The Hall–Kier alpha value is -1.34. The van der Waals surface area contributed by atoms with Gasteiger partial charge in [-0.05, 0) is 31.7 Å². The Labute approximate surface area is 143 Å². The van der Waals surface area contributed by atoms with Crippen LogP contribution in [0.2, 0.25) is 0 Å². The normalized spacial score (nSPS) is 20.8. The quantitative estimate of drug-likeness (QED) is 0.806. The molecular formula is C17H26N2O4S. The van der Waals surface area contributed by atoms with Crippen LogP contribution in [0.4, 0.5) is 0 Å². The molecule has 0 amide bonds. The molecule has 0 unspecified atom stereocenters. The van der Waals surface area contributed by atoms with Gasteiger partial charge in [0.1, 0.15) is 11.9 Å². The van der Waals surface area contributed by atoms with Gasteiger partial charge >= 0.3 is 0 Å². The predicted octanol–water partition coefficient (Wildman–Crippen LogP) is 1.67. The minimum Gasteiger partial charge on any atom is -0.487 e. The summed E-state index contributed by atoms with van der Waals surface area (Å²) in [5.41, 5.74) is 0.699. The molecule has 7 heteroatoms. The highest BCUT2D eigenvalue weighted by atomic mass is 32.2. The van der Waals surface area contributed by atoms with Crippen molar-refractivity contribution in [3.05, 3.63) is 28.2 Å². The summed E-state index contributed by atoms with van der Waals surface area (Å²) in [5, 5.41) is 0. The molecule has 1 saturated heterocycles. The Morgan fingerprint density at radius 3 is 2.46 bits per heavy atom. The third-order valence-electron chi connectivity index (χ3n) is 5.16. The molecule has 0 spiro atoms. The van der Waals surface area contributed by atoms with Crippen LogP contribution in [0.5, 0.6) is 5.75 Å². The molecule has 0 atom stereocenters. The summed E-state index contributed by atoms with van der Waals surface area (Å²) in [6, 6.07) is 3.26. The van der Waals surface area contributed by atoms with Gasteiger partial charge in [-0.2, -0.15) is 4.31 Å². The number of sulfonamides is 1. The van der Waals surface area contributed by atoms with Crippen molar-refractivity contribution in [2.75, 3.05) is 18.8 Å². The lowest BCUT2D eigenvalue weighted by Gasteiger charge is -2.38. The second-order valence-electron chi connectivity index (χ2n) is 7.07. The molecule has 1 aromatic heterocycles. The average molecular weight is 354 g/mol. The maximum atomic E-state index is 12.4. The van der Waals surface area contributed by atoms with E-state index in [1.165, 1.54) is 16.8 Å². The molecule has 2 heterocycles. The summed E-state index contributed by atoms with van der Waals surface area (Å²) in [7, 11) is -1.47. The van der Waals surface area contributed by atoms with Gasteiger partial charge in [-0.15, -0.1) is 0 Å². The van der Waals surface area contributed by atoms with E-state index >= 15 is 0 Å². The van der Waals surface area contributed by atoms with E-state index in [0.29, 0.717) is 24.8 Å². The van der Waals surface area contributed by atoms with Crippen molar-refractivity contribution in [3.8, 4) is 5.75 Å². The maximum absolute atomic E-state index is 12.4. The Bertz CT molecular complexity index is 744. The molecule has 3 rings (SSSR count). The molecule has 1 aliphatic heterocycles. The first-order valence-corrected chi connectivity index (χ1v) is 10.3. The summed E-state index contributed by atoms with van der Waals surface area (Å²) in [4.78, 5) is 11.8. The molecule has 0 aromatic carbocycles. The topological polar surface area (TPSA) is 68.6 Å². The summed E-state index contributed by atoms with van der Waals surface area (Å²) < 4.78 is 33.7. The van der Waals surface area contributed by atoms with Crippen LogP contribution in [0.1, 0.15) is 37.8 Å². The average Bonchev–Trinajstić information content (AvgIpc) is 2.48. The fraction of sp³-hybridized carbons (Fsp3) is 0.706. The fourth-order valence-corrected chi connectivity index (χ4v) is 5.38. The smallest absolute Gasteiger partial charge is 0.254 e. The molecular weight excluding hydrogens is 328 g/mol. The van der Waals surface area contributed by atoms with Crippen LogP contribution in [0.3, 0.4) is 0 Å². The molecule has 2 aliphatic rings. The number of aromatic nitrogens is 1. The van der Waals surface area contributed by atoms with Crippen molar-refractivity contribution in [3.63, 3.8) is 0 Å². The van der Waals surface area contributed by atoms with Crippen LogP contribution in [-0.4, -0.2) is 42.2 Å². The van der Waals surface area contributed by atoms with Crippen molar-refractivity contribution in [2.24, 2.45) is 13.0 Å². The van der Waals surface area contributed by atoms with Crippen LogP contribution in [0.25, 0.3) is 0 Å². The zero-order chi connectivity index (χ0) is 17.3. The second kappa shape index (κ2) is 6.88. The lowest BCUT2D eigenvalue weighted by atomic mass is 9.91. The molecule has 24 heavy (non-hydrogen) atoms. The van der Waals surface area contributed by atoms with Gasteiger partial charge in [-0.25, -0.2) is 8.42 Å². The van der Waals surface area contributed by atoms with Gasteiger partial charge in [0.15, 0.2) is 0 Å². The summed E-state index contributed by atoms with van der Waals surface area (Å²) in [5.74, 6) is 1.10. The maximum Gasteiger partial charge on any atom is 0.254 e. The molecule has 0 bridgehead atoms. The Kier molecular flexibility index (Phi) is 5.01. The first-order valence-electron chi connectivity index (χ1n) is 8.67. The number of hydrogen-bond donors (Lipinski definition) is 0. The highest BCUT2D eigenvalue weighted by Crippen LogP contribution is 2.28. The van der Waals surface area contributed by atoms with Gasteiger partial charge in [0.2, 0.25) is 10.0 Å². The van der Waals surface area contributed by atoms with Gasteiger partial charge in [0.05, 0.1) is 18.8 Å². The highest BCUT2D eigenvalue weighted by molar-refractivity contribution is 7.89. The molecule has 2 fully saturated rings. The summed E-state index contributed by atoms with van der Waals surface area (Å²) >= 11 is 0. The van der Waals surface area contributed by atoms with Crippen LogP contribution in [0.15, 0.2) is 16.9 Å². The van der Waals surface area contributed by atoms with Crippen LogP contribution in [0, 0.1) is 12.8 Å². The van der Waals surface area contributed by atoms with Crippen LogP contribution >= 0.6 is 0 Å². The fourth-order valence-electron chi connectivity index (χ4n) is 3.46. The van der Waals surface area contributed by atoms with E-state index in [2.05, 4.69) is 0 Å². The summed E-state index contributed by atoms with van der Waals surface area (Å²) in [6.45, 7) is 2.60. The van der Waals surface area contributed by atoms with Crippen molar-refractivity contribution >= 4 is 10.0 Å². The van der Waals surface area contributed by atoms with Gasteiger partial charge < -0.3 is 9.30 Å². The first-order chi connectivity index (χ1) is 11.3. The van der Waals surface area contributed by atoms with Crippen molar-refractivity contribution in [1.82, 2.24) is 8.87 Å². The molecule has 6 nitrogen and oxygen atoms in total. The van der Waals surface area contributed by atoms with E-state index in [0.717, 1.165) is 31.4 Å².